The van der Waals surface area contributed by atoms with Gasteiger partial charge in [0.05, 0.1) is 6.61 Å². The Morgan fingerprint density at radius 1 is 0.800 bits per heavy atom. The Hall–Kier alpha value is -1.87. The van der Waals surface area contributed by atoms with Crippen molar-refractivity contribution in [1.29, 1.82) is 0 Å². The zero-order valence-electron chi connectivity index (χ0n) is 15.7. The summed E-state index contributed by atoms with van der Waals surface area (Å²) in [5.74, 6) is 0.0152. The highest BCUT2D eigenvalue weighted by molar-refractivity contribution is 5.75. The molecule has 0 aliphatic carbocycles. The van der Waals surface area contributed by atoms with E-state index in [1.54, 1.807) is 0 Å². The summed E-state index contributed by atoms with van der Waals surface area (Å²) in [6.07, 6.45) is 29.1. The fourth-order valence-corrected chi connectivity index (χ4v) is 2.03. The van der Waals surface area contributed by atoms with Crippen molar-refractivity contribution in [3.05, 3.63) is 60.8 Å². The third kappa shape index (κ3) is 20.1. The molecule has 0 aromatic heterocycles. The van der Waals surface area contributed by atoms with E-state index in [0.29, 0.717) is 13.0 Å². The monoisotopic (exact) mass is 345 g/mol. The molecule has 0 spiro atoms. The minimum absolute atomic E-state index is 0.000507. The Bertz CT molecular complexity index is 445. The van der Waals surface area contributed by atoms with E-state index >= 15 is 0 Å². The van der Waals surface area contributed by atoms with Gasteiger partial charge in [-0.15, -0.1) is 0 Å². The van der Waals surface area contributed by atoms with Crippen LogP contribution in [-0.4, -0.2) is 24.2 Å². The molecule has 3 nitrogen and oxygen atoms in total. The van der Waals surface area contributed by atoms with Gasteiger partial charge in [-0.2, -0.15) is 0 Å². The molecule has 0 unspecified atom stereocenters. The standard InChI is InChI=1S/C22H35NO2/c1-2-3-4-5-6-7-8-9-10-11-12-13-14-15-16-17-18-19-22(25)23-20-21-24/h3-4,6-7,9-10,12-13,15-16,24H,2,5,8,11,14,17-21H2,1H3,(H,23,25)/b4-3-,7-6-,10-9-,13-12-,16-15-. The number of unbranched alkanes of at least 4 members (excludes halogenated alkanes) is 1. The van der Waals surface area contributed by atoms with Gasteiger partial charge in [-0.25, -0.2) is 0 Å². The number of amides is 1. The van der Waals surface area contributed by atoms with E-state index < -0.39 is 0 Å². The highest BCUT2D eigenvalue weighted by atomic mass is 16.3. The average molecular weight is 346 g/mol. The average Bonchev–Trinajstić information content (AvgIpc) is 2.62. The van der Waals surface area contributed by atoms with Crippen LogP contribution in [-0.2, 0) is 4.79 Å². The van der Waals surface area contributed by atoms with Crippen LogP contribution in [0.1, 0.15) is 58.3 Å². The maximum Gasteiger partial charge on any atom is 0.220 e. The number of aliphatic hydroxyl groups is 1. The topological polar surface area (TPSA) is 49.3 Å². The largest absolute Gasteiger partial charge is 0.395 e. The summed E-state index contributed by atoms with van der Waals surface area (Å²) in [5, 5.41) is 11.2. The lowest BCUT2D eigenvalue weighted by atomic mass is 10.2. The third-order valence-corrected chi connectivity index (χ3v) is 3.37. The van der Waals surface area contributed by atoms with E-state index in [0.717, 1.165) is 44.9 Å². The van der Waals surface area contributed by atoms with E-state index in [1.807, 2.05) is 0 Å². The van der Waals surface area contributed by atoms with Crippen LogP contribution in [0.5, 0.6) is 0 Å². The number of carbonyl (C=O) groups excluding carboxylic acids is 1. The molecule has 0 rings (SSSR count). The molecule has 0 fully saturated rings. The first-order valence-corrected chi connectivity index (χ1v) is 9.43. The van der Waals surface area contributed by atoms with Crippen molar-refractivity contribution in [3.8, 4) is 0 Å². The van der Waals surface area contributed by atoms with Crippen molar-refractivity contribution in [2.45, 2.75) is 58.3 Å². The maximum absolute atomic E-state index is 11.3. The van der Waals surface area contributed by atoms with Gasteiger partial charge in [0.2, 0.25) is 5.91 Å². The van der Waals surface area contributed by atoms with Crippen molar-refractivity contribution in [3.63, 3.8) is 0 Å². The molecule has 0 aliphatic rings. The van der Waals surface area contributed by atoms with Gasteiger partial charge < -0.3 is 10.4 Å². The van der Waals surface area contributed by atoms with Crippen molar-refractivity contribution in [2.75, 3.05) is 13.2 Å². The summed E-state index contributed by atoms with van der Waals surface area (Å²) in [5.41, 5.74) is 0. The van der Waals surface area contributed by atoms with Crippen LogP contribution in [0.2, 0.25) is 0 Å². The molecule has 140 valence electrons. The van der Waals surface area contributed by atoms with E-state index in [1.165, 1.54) is 0 Å². The first-order valence-electron chi connectivity index (χ1n) is 9.43. The van der Waals surface area contributed by atoms with Gasteiger partial charge in [0, 0.05) is 13.0 Å². The number of aliphatic hydroxyl groups excluding tert-OH is 1. The van der Waals surface area contributed by atoms with E-state index in [-0.39, 0.29) is 12.5 Å². The molecule has 2 N–H and O–H groups in total. The van der Waals surface area contributed by atoms with Crippen LogP contribution in [0.3, 0.4) is 0 Å². The Morgan fingerprint density at radius 3 is 1.76 bits per heavy atom. The quantitative estimate of drug-likeness (QED) is 0.323. The predicted octanol–water partition coefficient (Wildman–Crippen LogP) is 5.02. The number of allylic oxidation sites excluding steroid dienone is 10. The summed E-state index contributed by atoms with van der Waals surface area (Å²) in [6, 6.07) is 0. The SMILES string of the molecule is CC/C=C\C/C=C\C/C=C\C/C=C\C/C=C\CCCC(=O)NCCO. The Morgan fingerprint density at radius 2 is 1.28 bits per heavy atom. The second-order valence-electron chi connectivity index (χ2n) is 5.67. The van der Waals surface area contributed by atoms with Gasteiger partial charge in [0.15, 0.2) is 0 Å². The predicted molar refractivity (Wildman–Crippen MR) is 108 cm³/mol. The highest BCUT2D eigenvalue weighted by Crippen LogP contribution is 1.99. The number of hydrogen-bond donors (Lipinski definition) is 2. The van der Waals surface area contributed by atoms with Crippen molar-refractivity contribution >= 4 is 5.91 Å². The summed E-state index contributed by atoms with van der Waals surface area (Å²) >= 11 is 0. The highest BCUT2D eigenvalue weighted by Gasteiger charge is 1.97. The molecule has 0 heterocycles. The van der Waals surface area contributed by atoms with Gasteiger partial charge in [-0.1, -0.05) is 67.7 Å². The lowest BCUT2D eigenvalue weighted by Gasteiger charge is -2.00. The molecule has 0 aromatic rings. The molecule has 25 heavy (non-hydrogen) atoms. The molecule has 0 saturated carbocycles. The van der Waals surface area contributed by atoms with Gasteiger partial charge in [-0.3, -0.25) is 4.79 Å². The smallest absolute Gasteiger partial charge is 0.220 e. The van der Waals surface area contributed by atoms with Crippen LogP contribution >= 0.6 is 0 Å². The number of rotatable bonds is 15. The van der Waals surface area contributed by atoms with Crippen LogP contribution in [0.4, 0.5) is 0 Å². The minimum Gasteiger partial charge on any atom is -0.395 e. The fourth-order valence-electron chi connectivity index (χ4n) is 2.03. The van der Waals surface area contributed by atoms with E-state index in [9.17, 15) is 4.79 Å². The molecule has 0 atom stereocenters. The summed E-state index contributed by atoms with van der Waals surface area (Å²) in [7, 11) is 0. The van der Waals surface area contributed by atoms with Gasteiger partial charge >= 0.3 is 0 Å². The van der Waals surface area contributed by atoms with Crippen LogP contribution in [0.25, 0.3) is 0 Å². The molecular weight excluding hydrogens is 310 g/mol. The molecule has 0 aliphatic heterocycles. The van der Waals surface area contributed by atoms with Gasteiger partial charge in [0.25, 0.3) is 0 Å². The third-order valence-electron chi connectivity index (χ3n) is 3.37. The normalized spacial score (nSPS) is 12.6. The van der Waals surface area contributed by atoms with Crippen LogP contribution in [0.15, 0.2) is 60.8 Å². The molecule has 0 bridgehead atoms. The zero-order valence-corrected chi connectivity index (χ0v) is 15.7. The van der Waals surface area contributed by atoms with E-state index in [2.05, 4.69) is 73.0 Å². The first-order chi connectivity index (χ1) is 12.3. The molecular formula is C22H35NO2. The molecule has 3 heteroatoms. The minimum atomic E-state index is 0.000507. The van der Waals surface area contributed by atoms with Gasteiger partial charge in [-0.05, 0) is 44.9 Å². The second-order valence-corrected chi connectivity index (χ2v) is 5.67. The number of nitrogens with one attached hydrogen (secondary N) is 1. The molecule has 1 amide bonds. The molecule has 0 radical (unpaired) electrons. The van der Waals surface area contributed by atoms with E-state index in [4.69, 9.17) is 5.11 Å². The molecule has 0 aromatic carbocycles. The van der Waals surface area contributed by atoms with Crippen LogP contribution < -0.4 is 5.32 Å². The molecule has 0 saturated heterocycles. The summed E-state index contributed by atoms with van der Waals surface area (Å²) in [4.78, 5) is 11.3. The Kier molecular flexibility index (Phi) is 18.7. The Labute approximate surface area is 153 Å². The van der Waals surface area contributed by atoms with Crippen molar-refractivity contribution in [1.82, 2.24) is 5.32 Å². The van der Waals surface area contributed by atoms with Crippen molar-refractivity contribution < 1.29 is 9.90 Å². The summed E-state index contributed by atoms with van der Waals surface area (Å²) in [6.45, 7) is 2.50. The van der Waals surface area contributed by atoms with Crippen LogP contribution in [0, 0.1) is 0 Å². The second kappa shape index (κ2) is 20.2. The number of hydrogen-bond acceptors (Lipinski definition) is 2. The zero-order chi connectivity index (χ0) is 18.4. The summed E-state index contributed by atoms with van der Waals surface area (Å²) < 4.78 is 0. The number of carbonyl (C=O) groups is 1. The lowest BCUT2D eigenvalue weighted by molar-refractivity contribution is -0.121. The fraction of sp³-hybridized carbons (Fsp3) is 0.500. The first kappa shape index (κ1) is 23.1. The van der Waals surface area contributed by atoms with Gasteiger partial charge in [0.1, 0.15) is 0 Å². The maximum atomic E-state index is 11.3. The lowest BCUT2D eigenvalue weighted by Crippen LogP contribution is -2.25. The Balaban J connectivity index is 3.49. The van der Waals surface area contributed by atoms with Crippen molar-refractivity contribution in [2.24, 2.45) is 0 Å².